The number of likely N-dealkylation sites (tertiary alicyclic amines) is 1. The summed E-state index contributed by atoms with van der Waals surface area (Å²) in [5, 5.41) is 12.4. The second kappa shape index (κ2) is 7.02. The molecule has 2 aliphatic rings. The van der Waals surface area contributed by atoms with Gasteiger partial charge in [0.2, 0.25) is 0 Å². The van der Waals surface area contributed by atoms with Gasteiger partial charge in [0.1, 0.15) is 6.04 Å². The largest absolute Gasteiger partial charge is 0.480 e. The SMILES string of the molecule is COC(=O)NC(C(C)C)C(C)N1CC2(CC1C(=O)O)OCCO2. The second-order valence-corrected chi connectivity index (χ2v) is 6.48. The molecule has 2 aliphatic heterocycles. The van der Waals surface area contributed by atoms with Crippen LogP contribution in [-0.4, -0.2) is 72.8 Å². The van der Waals surface area contributed by atoms with E-state index in [0.29, 0.717) is 19.8 Å². The minimum Gasteiger partial charge on any atom is -0.480 e. The Labute approximate surface area is 136 Å². The lowest BCUT2D eigenvalue weighted by Crippen LogP contribution is -2.55. The number of methoxy groups -OCH3 is 1. The van der Waals surface area contributed by atoms with E-state index in [0.717, 1.165) is 0 Å². The molecule has 132 valence electrons. The molecule has 2 fully saturated rings. The van der Waals surface area contributed by atoms with Gasteiger partial charge in [-0.2, -0.15) is 0 Å². The van der Waals surface area contributed by atoms with Gasteiger partial charge in [0.25, 0.3) is 0 Å². The lowest BCUT2D eigenvalue weighted by atomic mass is 9.96. The van der Waals surface area contributed by atoms with E-state index >= 15 is 0 Å². The van der Waals surface area contributed by atoms with Crippen molar-refractivity contribution >= 4 is 12.1 Å². The predicted octanol–water partition coefficient (Wildman–Crippen LogP) is 0.658. The van der Waals surface area contributed by atoms with Gasteiger partial charge in [-0.15, -0.1) is 0 Å². The summed E-state index contributed by atoms with van der Waals surface area (Å²) in [7, 11) is 1.31. The van der Waals surface area contributed by atoms with Crippen LogP contribution in [0.25, 0.3) is 0 Å². The van der Waals surface area contributed by atoms with Crippen molar-refractivity contribution in [1.29, 1.82) is 0 Å². The van der Waals surface area contributed by atoms with Crippen molar-refractivity contribution in [2.75, 3.05) is 26.9 Å². The lowest BCUT2D eigenvalue weighted by Gasteiger charge is -2.36. The maximum atomic E-state index is 11.7. The molecule has 2 rings (SSSR count). The highest BCUT2D eigenvalue weighted by Crippen LogP contribution is 2.36. The number of ether oxygens (including phenoxy) is 3. The number of carbonyl (C=O) groups is 2. The van der Waals surface area contributed by atoms with Crippen molar-refractivity contribution in [2.24, 2.45) is 5.92 Å². The minimum absolute atomic E-state index is 0.112. The first-order chi connectivity index (χ1) is 10.8. The maximum Gasteiger partial charge on any atom is 0.407 e. The van der Waals surface area contributed by atoms with Gasteiger partial charge < -0.3 is 24.6 Å². The summed E-state index contributed by atoms with van der Waals surface area (Å²) in [6.07, 6.45) is -0.236. The Morgan fingerprint density at radius 2 is 1.91 bits per heavy atom. The zero-order valence-electron chi connectivity index (χ0n) is 14.1. The molecule has 8 heteroatoms. The number of nitrogens with one attached hydrogen (secondary N) is 1. The van der Waals surface area contributed by atoms with Crippen molar-refractivity contribution < 1.29 is 28.9 Å². The molecule has 2 heterocycles. The van der Waals surface area contributed by atoms with Gasteiger partial charge in [-0.3, -0.25) is 9.69 Å². The number of alkyl carbamates (subject to hydrolysis) is 1. The van der Waals surface area contributed by atoms with Crippen molar-refractivity contribution in [2.45, 2.75) is 51.1 Å². The molecule has 3 unspecified atom stereocenters. The third-order valence-corrected chi connectivity index (χ3v) is 4.66. The molecule has 0 aromatic rings. The van der Waals surface area contributed by atoms with Gasteiger partial charge in [0.15, 0.2) is 5.79 Å². The van der Waals surface area contributed by atoms with Crippen LogP contribution in [0.3, 0.4) is 0 Å². The van der Waals surface area contributed by atoms with Crippen LogP contribution in [0.1, 0.15) is 27.2 Å². The average Bonchev–Trinajstić information content (AvgIpc) is 3.11. The molecule has 0 bridgehead atoms. The average molecular weight is 330 g/mol. The number of nitrogens with zero attached hydrogens (tertiary/aromatic N) is 1. The van der Waals surface area contributed by atoms with Gasteiger partial charge in [-0.25, -0.2) is 4.79 Å². The number of aliphatic carboxylic acids is 1. The molecule has 0 aromatic heterocycles. The molecule has 0 saturated carbocycles. The highest BCUT2D eigenvalue weighted by atomic mass is 16.7. The Kier molecular flexibility index (Phi) is 5.49. The first-order valence-electron chi connectivity index (χ1n) is 7.90. The summed E-state index contributed by atoms with van der Waals surface area (Å²) in [5.41, 5.74) is 0. The monoisotopic (exact) mass is 330 g/mol. The molecule has 1 spiro atoms. The Morgan fingerprint density at radius 3 is 2.39 bits per heavy atom. The fourth-order valence-corrected chi connectivity index (χ4v) is 3.47. The normalized spacial score (nSPS) is 26.4. The zero-order valence-corrected chi connectivity index (χ0v) is 14.1. The van der Waals surface area contributed by atoms with E-state index in [4.69, 9.17) is 9.47 Å². The Hall–Kier alpha value is -1.38. The van der Waals surface area contributed by atoms with Crippen molar-refractivity contribution in [3.63, 3.8) is 0 Å². The molecule has 0 radical (unpaired) electrons. The standard InChI is InChI=1S/C15H26N2O6/c1-9(2)12(16-14(20)21-4)10(3)17-8-15(22-5-6-23-15)7-11(17)13(18)19/h9-12H,5-8H2,1-4H3,(H,16,20)(H,18,19). The van der Waals surface area contributed by atoms with Gasteiger partial charge >= 0.3 is 12.1 Å². The number of rotatable bonds is 5. The fourth-order valence-electron chi connectivity index (χ4n) is 3.47. The number of carboxylic acids is 1. The van der Waals surface area contributed by atoms with Crippen LogP contribution >= 0.6 is 0 Å². The van der Waals surface area contributed by atoms with E-state index in [1.165, 1.54) is 7.11 Å². The molecular formula is C15H26N2O6. The Bertz CT molecular complexity index is 449. The molecule has 3 atom stereocenters. The molecule has 0 aromatic carbocycles. The Balaban J connectivity index is 2.18. The van der Waals surface area contributed by atoms with Crippen LogP contribution in [0.2, 0.25) is 0 Å². The van der Waals surface area contributed by atoms with Crippen LogP contribution in [0.15, 0.2) is 0 Å². The third kappa shape index (κ3) is 3.76. The van der Waals surface area contributed by atoms with Crippen molar-refractivity contribution in [1.82, 2.24) is 10.2 Å². The van der Waals surface area contributed by atoms with Gasteiger partial charge in [-0.05, 0) is 12.8 Å². The number of carboxylic acid groups (broad SMARTS) is 1. The predicted molar refractivity (Wildman–Crippen MR) is 81.0 cm³/mol. The van der Waals surface area contributed by atoms with E-state index in [1.807, 2.05) is 25.7 Å². The van der Waals surface area contributed by atoms with Gasteiger partial charge in [0, 0.05) is 18.5 Å². The van der Waals surface area contributed by atoms with E-state index in [-0.39, 0.29) is 24.4 Å². The second-order valence-electron chi connectivity index (χ2n) is 6.48. The van der Waals surface area contributed by atoms with Crippen LogP contribution in [0, 0.1) is 5.92 Å². The quantitative estimate of drug-likeness (QED) is 0.764. The van der Waals surface area contributed by atoms with Gasteiger partial charge in [-0.1, -0.05) is 13.8 Å². The number of amides is 1. The van der Waals surface area contributed by atoms with E-state index < -0.39 is 23.9 Å². The summed E-state index contributed by atoms with van der Waals surface area (Å²) in [4.78, 5) is 25.1. The maximum absolute atomic E-state index is 11.7. The summed E-state index contributed by atoms with van der Waals surface area (Å²) < 4.78 is 16.0. The van der Waals surface area contributed by atoms with E-state index in [9.17, 15) is 14.7 Å². The molecule has 8 nitrogen and oxygen atoms in total. The highest BCUT2D eigenvalue weighted by Gasteiger charge is 2.53. The smallest absolute Gasteiger partial charge is 0.407 e. The van der Waals surface area contributed by atoms with E-state index in [1.54, 1.807) is 0 Å². The summed E-state index contributed by atoms with van der Waals surface area (Å²) in [5.74, 6) is -1.64. The van der Waals surface area contributed by atoms with Gasteiger partial charge in [0.05, 0.1) is 26.9 Å². The molecule has 0 aliphatic carbocycles. The molecular weight excluding hydrogens is 304 g/mol. The fraction of sp³-hybridized carbons (Fsp3) is 0.867. The van der Waals surface area contributed by atoms with Crippen LogP contribution < -0.4 is 5.32 Å². The number of hydrogen-bond acceptors (Lipinski definition) is 6. The van der Waals surface area contributed by atoms with Crippen LogP contribution in [-0.2, 0) is 19.0 Å². The topological polar surface area (TPSA) is 97.3 Å². The lowest BCUT2D eigenvalue weighted by molar-refractivity contribution is -0.150. The van der Waals surface area contributed by atoms with Crippen molar-refractivity contribution in [3.8, 4) is 0 Å². The summed E-state index contributed by atoms with van der Waals surface area (Å²) in [6, 6.07) is -1.16. The molecule has 2 N–H and O–H groups in total. The highest BCUT2D eigenvalue weighted by molar-refractivity contribution is 5.74. The molecule has 2 saturated heterocycles. The summed E-state index contributed by atoms with van der Waals surface area (Å²) in [6.45, 7) is 7.18. The number of carbonyl (C=O) groups excluding carboxylic acids is 1. The van der Waals surface area contributed by atoms with Crippen LogP contribution in [0.4, 0.5) is 4.79 Å². The Morgan fingerprint density at radius 1 is 1.30 bits per heavy atom. The zero-order chi connectivity index (χ0) is 17.2. The van der Waals surface area contributed by atoms with Crippen molar-refractivity contribution in [3.05, 3.63) is 0 Å². The van der Waals surface area contributed by atoms with E-state index in [2.05, 4.69) is 10.1 Å². The molecule has 23 heavy (non-hydrogen) atoms. The first-order valence-corrected chi connectivity index (χ1v) is 7.90. The summed E-state index contributed by atoms with van der Waals surface area (Å²) >= 11 is 0. The molecule has 1 amide bonds. The third-order valence-electron chi connectivity index (χ3n) is 4.66. The first kappa shape index (κ1) is 18.0. The van der Waals surface area contributed by atoms with Crippen LogP contribution in [0.5, 0.6) is 0 Å². The number of hydrogen-bond donors (Lipinski definition) is 2. The minimum atomic E-state index is -0.909.